The molecule has 1 unspecified atom stereocenters. The van der Waals surface area contributed by atoms with Crippen molar-refractivity contribution in [1.82, 2.24) is 4.31 Å². The zero-order chi connectivity index (χ0) is 19.4. The summed E-state index contributed by atoms with van der Waals surface area (Å²) in [4.78, 5) is 12.3. The maximum Gasteiger partial charge on any atom is 0.255 e. The number of amides is 1. The van der Waals surface area contributed by atoms with Gasteiger partial charge in [-0.05, 0) is 61.4 Å². The molecular formula is C19H22FN3O3S. The number of benzene rings is 2. The highest BCUT2D eigenvalue weighted by molar-refractivity contribution is 7.89. The van der Waals surface area contributed by atoms with Gasteiger partial charge in [-0.2, -0.15) is 4.31 Å². The van der Waals surface area contributed by atoms with E-state index in [2.05, 4.69) is 5.32 Å². The van der Waals surface area contributed by atoms with Gasteiger partial charge in [-0.3, -0.25) is 4.79 Å². The van der Waals surface area contributed by atoms with Crippen LogP contribution in [0.4, 0.5) is 10.1 Å². The van der Waals surface area contributed by atoms with E-state index in [1.165, 1.54) is 52.8 Å². The van der Waals surface area contributed by atoms with Crippen molar-refractivity contribution < 1.29 is 17.6 Å². The first-order chi connectivity index (χ1) is 12.9. The SMILES string of the molecule is NCC1CCCCN1S(=O)(=O)c1ccc(NC(=O)c2ccc(F)cc2)cc1. The van der Waals surface area contributed by atoms with Gasteiger partial charge < -0.3 is 11.1 Å². The molecule has 2 aromatic carbocycles. The Morgan fingerprint density at radius 3 is 2.41 bits per heavy atom. The number of sulfonamides is 1. The van der Waals surface area contributed by atoms with Crippen LogP contribution >= 0.6 is 0 Å². The van der Waals surface area contributed by atoms with E-state index in [9.17, 15) is 17.6 Å². The lowest BCUT2D eigenvalue weighted by Gasteiger charge is -2.33. The average Bonchev–Trinajstić information content (AvgIpc) is 2.69. The average molecular weight is 391 g/mol. The zero-order valence-electron chi connectivity index (χ0n) is 14.8. The lowest BCUT2D eigenvalue weighted by molar-refractivity contribution is 0.102. The second-order valence-electron chi connectivity index (χ2n) is 6.49. The van der Waals surface area contributed by atoms with Crippen LogP contribution in [0.1, 0.15) is 29.6 Å². The fourth-order valence-electron chi connectivity index (χ4n) is 3.18. The highest BCUT2D eigenvalue weighted by Gasteiger charge is 2.32. The molecule has 1 heterocycles. The summed E-state index contributed by atoms with van der Waals surface area (Å²) in [6.07, 6.45) is 2.56. The van der Waals surface area contributed by atoms with Gasteiger partial charge in [0.2, 0.25) is 10.0 Å². The number of halogens is 1. The molecule has 144 valence electrons. The lowest BCUT2D eigenvalue weighted by atomic mass is 10.1. The molecule has 3 N–H and O–H groups in total. The third-order valence-corrected chi connectivity index (χ3v) is 6.64. The van der Waals surface area contributed by atoms with E-state index in [1.54, 1.807) is 0 Å². The molecule has 0 saturated carbocycles. The number of piperidine rings is 1. The summed E-state index contributed by atoms with van der Waals surface area (Å²) in [6.45, 7) is 0.762. The normalized spacial score (nSPS) is 18.2. The number of nitrogens with one attached hydrogen (secondary N) is 1. The fraction of sp³-hybridized carbons (Fsp3) is 0.316. The van der Waals surface area contributed by atoms with Crippen molar-refractivity contribution in [2.24, 2.45) is 5.73 Å². The van der Waals surface area contributed by atoms with Gasteiger partial charge in [0.25, 0.3) is 5.91 Å². The Bertz CT molecular complexity index is 899. The monoisotopic (exact) mass is 391 g/mol. The summed E-state index contributed by atoms with van der Waals surface area (Å²) >= 11 is 0. The van der Waals surface area contributed by atoms with Crippen LogP contribution in [0.5, 0.6) is 0 Å². The molecule has 0 aliphatic carbocycles. The number of carbonyl (C=O) groups excluding carboxylic acids is 1. The molecule has 2 aromatic rings. The Morgan fingerprint density at radius 2 is 1.78 bits per heavy atom. The van der Waals surface area contributed by atoms with Crippen molar-refractivity contribution in [1.29, 1.82) is 0 Å². The number of rotatable bonds is 5. The molecule has 1 fully saturated rings. The second-order valence-corrected chi connectivity index (χ2v) is 8.38. The molecule has 1 amide bonds. The zero-order valence-corrected chi connectivity index (χ0v) is 15.6. The van der Waals surface area contributed by atoms with Gasteiger partial charge in [0, 0.05) is 30.4 Å². The van der Waals surface area contributed by atoms with Crippen LogP contribution in [0.15, 0.2) is 53.4 Å². The van der Waals surface area contributed by atoms with E-state index in [4.69, 9.17) is 5.73 Å². The smallest absolute Gasteiger partial charge is 0.255 e. The molecular weight excluding hydrogens is 369 g/mol. The third-order valence-electron chi connectivity index (χ3n) is 4.67. The number of anilines is 1. The van der Waals surface area contributed by atoms with Gasteiger partial charge in [-0.25, -0.2) is 12.8 Å². The van der Waals surface area contributed by atoms with E-state index in [0.29, 0.717) is 24.3 Å². The van der Waals surface area contributed by atoms with E-state index >= 15 is 0 Å². The number of nitrogens with two attached hydrogens (primary N) is 1. The van der Waals surface area contributed by atoms with Crippen LogP contribution in [-0.2, 0) is 10.0 Å². The molecule has 0 aromatic heterocycles. The molecule has 0 radical (unpaired) electrons. The maximum atomic E-state index is 12.9. The van der Waals surface area contributed by atoms with Crippen LogP contribution in [-0.4, -0.2) is 37.8 Å². The van der Waals surface area contributed by atoms with E-state index in [0.717, 1.165) is 19.3 Å². The van der Waals surface area contributed by atoms with Crippen LogP contribution in [0.2, 0.25) is 0 Å². The molecule has 3 rings (SSSR count). The molecule has 0 bridgehead atoms. The summed E-state index contributed by atoms with van der Waals surface area (Å²) in [5.41, 5.74) is 6.50. The van der Waals surface area contributed by atoms with Gasteiger partial charge in [0.1, 0.15) is 5.82 Å². The summed E-state index contributed by atoms with van der Waals surface area (Å²) in [5.74, 6) is -0.820. The predicted octanol–water partition coefficient (Wildman–Crippen LogP) is 2.58. The van der Waals surface area contributed by atoms with Gasteiger partial charge >= 0.3 is 0 Å². The Kier molecular flexibility index (Phi) is 5.88. The van der Waals surface area contributed by atoms with Gasteiger partial charge in [0.05, 0.1) is 4.90 Å². The minimum Gasteiger partial charge on any atom is -0.329 e. The summed E-state index contributed by atoms with van der Waals surface area (Å²) in [6, 6.07) is 11.0. The summed E-state index contributed by atoms with van der Waals surface area (Å²) in [7, 11) is -3.63. The van der Waals surface area contributed by atoms with E-state index < -0.39 is 21.7 Å². The quantitative estimate of drug-likeness (QED) is 0.819. The Labute approximate surface area is 158 Å². The fourth-order valence-corrected chi connectivity index (χ4v) is 4.88. The van der Waals surface area contributed by atoms with E-state index in [-0.39, 0.29) is 10.9 Å². The highest BCUT2D eigenvalue weighted by atomic mass is 32.2. The molecule has 1 aliphatic rings. The number of hydrogen-bond donors (Lipinski definition) is 2. The topological polar surface area (TPSA) is 92.5 Å². The minimum absolute atomic E-state index is 0.169. The Hall–Kier alpha value is -2.29. The first kappa shape index (κ1) is 19.5. The largest absolute Gasteiger partial charge is 0.329 e. The standard InChI is InChI=1S/C19H22FN3O3S/c20-15-6-4-14(5-7-15)19(24)22-16-8-10-18(11-9-16)27(25,26)23-12-2-1-3-17(23)13-21/h4-11,17H,1-3,12-13,21H2,(H,22,24). The molecule has 8 heteroatoms. The van der Waals surface area contributed by atoms with Crippen molar-refractivity contribution in [3.8, 4) is 0 Å². The second kappa shape index (κ2) is 8.16. The van der Waals surface area contributed by atoms with Crippen LogP contribution in [0.25, 0.3) is 0 Å². The van der Waals surface area contributed by atoms with Crippen molar-refractivity contribution >= 4 is 21.6 Å². The lowest BCUT2D eigenvalue weighted by Crippen LogP contribution is -2.47. The predicted molar refractivity (Wildman–Crippen MR) is 101 cm³/mol. The summed E-state index contributed by atoms with van der Waals surface area (Å²) in [5, 5.41) is 2.67. The molecule has 1 atom stereocenters. The number of nitrogens with zero attached hydrogens (tertiary/aromatic N) is 1. The van der Waals surface area contributed by atoms with Crippen LogP contribution in [0, 0.1) is 5.82 Å². The molecule has 6 nitrogen and oxygen atoms in total. The maximum absolute atomic E-state index is 12.9. The molecule has 27 heavy (non-hydrogen) atoms. The van der Waals surface area contributed by atoms with Crippen LogP contribution < -0.4 is 11.1 Å². The van der Waals surface area contributed by atoms with Crippen molar-refractivity contribution in [3.63, 3.8) is 0 Å². The van der Waals surface area contributed by atoms with Gasteiger partial charge in [-0.15, -0.1) is 0 Å². The number of carbonyl (C=O) groups is 1. The minimum atomic E-state index is -3.63. The van der Waals surface area contributed by atoms with Gasteiger partial charge in [0.15, 0.2) is 0 Å². The van der Waals surface area contributed by atoms with Gasteiger partial charge in [-0.1, -0.05) is 6.42 Å². The van der Waals surface area contributed by atoms with Crippen molar-refractivity contribution in [3.05, 3.63) is 59.9 Å². The Balaban J connectivity index is 1.74. The molecule has 1 saturated heterocycles. The van der Waals surface area contributed by atoms with Crippen molar-refractivity contribution in [2.45, 2.75) is 30.2 Å². The third kappa shape index (κ3) is 4.35. The van der Waals surface area contributed by atoms with Crippen LogP contribution in [0.3, 0.4) is 0 Å². The molecule has 0 spiro atoms. The van der Waals surface area contributed by atoms with Crippen molar-refractivity contribution in [2.75, 3.05) is 18.4 Å². The highest BCUT2D eigenvalue weighted by Crippen LogP contribution is 2.25. The molecule has 1 aliphatic heterocycles. The summed E-state index contributed by atoms with van der Waals surface area (Å²) < 4.78 is 40.2. The Morgan fingerprint density at radius 1 is 1.11 bits per heavy atom. The first-order valence-corrected chi connectivity index (χ1v) is 10.2. The first-order valence-electron chi connectivity index (χ1n) is 8.81. The number of hydrogen-bond acceptors (Lipinski definition) is 4. The van der Waals surface area contributed by atoms with E-state index in [1.807, 2.05) is 0 Å².